The van der Waals surface area contributed by atoms with Gasteiger partial charge in [-0.15, -0.1) is 0 Å². The fourth-order valence-corrected chi connectivity index (χ4v) is 2.55. The van der Waals surface area contributed by atoms with Crippen molar-refractivity contribution in [3.63, 3.8) is 0 Å². The standard InChI is InChI=1S/C15H22O2/c16-12-14-7-4-8-15(11-14)17-10-9-13-5-2-1-3-6-13/h1-3,5-6,14-16H,4,7-12H2. The zero-order valence-corrected chi connectivity index (χ0v) is 10.3. The first-order valence-electron chi connectivity index (χ1n) is 6.65. The van der Waals surface area contributed by atoms with E-state index in [-0.39, 0.29) is 0 Å². The van der Waals surface area contributed by atoms with Crippen LogP contribution in [0.25, 0.3) is 0 Å². The fourth-order valence-electron chi connectivity index (χ4n) is 2.55. The molecule has 2 atom stereocenters. The Morgan fingerprint density at radius 2 is 2.00 bits per heavy atom. The molecule has 0 spiro atoms. The highest BCUT2D eigenvalue weighted by molar-refractivity contribution is 5.14. The van der Waals surface area contributed by atoms with Crippen LogP contribution in [0.2, 0.25) is 0 Å². The highest BCUT2D eigenvalue weighted by Gasteiger charge is 2.21. The van der Waals surface area contributed by atoms with Crippen molar-refractivity contribution in [1.29, 1.82) is 0 Å². The van der Waals surface area contributed by atoms with Gasteiger partial charge in [0.2, 0.25) is 0 Å². The lowest BCUT2D eigenvalue weighted by atomic mass is 9.88. The number of aliphatic hydroxyl groups excluding tert-OH is 1. The Bertz CT molecular complexity index is 310. The van der Waals surface area contributed by atoms with E-state index in [0.29, 0.717) is 18.6 Å². The van der Waals surface area contributed by atoms with E-state index in [2.05, 4.69) is 24.3 Å². The average Bonchev–Trinajstić information content (AvgIpc) is 2.40. The van der Waals surface area contributed by atoms with E-state index in [4.69, 9.17) is 9.84 Å². The van der Waals surface area contributed by atoms with Crippen LogP contribution in [0.4, 0.5) is 0 Å². The zero-order valence-electron chi connectivity index (χ0n) is 10.3. The van der Waals surface area contributed by atoms with Crippen molar-refractivity contribution in [3.05, 3.63) is 35.9 Å². The number of rotatable bonds is 5. The summed E-state index contributed by atoms with van der Waals surface area (Å²) < 4.78 is 5.91. The molecule has 1 aliphatic rings. The molecular weight excluding hydrogens is 212 g/mol. The van der Waals surface area contributed by atoms with Crippen LogP contribution in [0.3, 0.4) is 0 Å². The second-order valence-electron chi connectivity index (χ2n) is 4.94. The van der Waals surface area contributed by atoms with E-state index < -0.39 is 0 Å². The first-order valence-corrected chi connectivity index (χ1v) is 6.65. The second kappa shape index (κ2) is 6.77. The SMILES string of the molecule is OCC1CCCC(OCCc2ccccc2)C1. The molecule has 17 heavy (non-hydrogen) atoms. The lowest BCUT2D eigenvalue weighted by molar-refractivity contribution is 0.00512. The molecule has 0 saturated heterocycles. The van der Waals surface area contributed by atoms with E-state index in [0.717, 1.165) is 32.3 Å². The van der Waals surface area contributed by atoms with Gasteiger partial charge in [0.15, 0.2) is 0 Å². The monoisotopic (exact) mass is 234 g/mol. The van der Waals surface area contributed by atoms with E-state index in [1.165, 1.54) is 12.0 Å². The molecule has 2 unspecified atom stereocenters. The van der Waals surface area contributed by atoms with E-state index in [1.807, 2.05) is 6.07 Å². The molecule has 0 aliphatic heterocycles. The predicted octanol–water partition coefficient (Wildman–Crippen LogP) is 2.80. The molecule has 0 radical (unpaired) electrons. The van der Waals surface area contributed by atoms with Gasteiger partial charge in [-0.2, -0.15) is 0 Å². The zero-order chi connectivity index (χ0) is 11.9. The van der Waals surface area contributed by atoms with Gasteiger partial charge in [0.25, 0.3) is 0 Å². The van der Waals surface area contributed by atoms with Gasteiger partial charge >= 0.3 is 0 Å². The van der Waals surface area contributed by atoms with Crippen LogP contribution < -0.4 is 0 Å². The molecule has 0 heterocycles. The Labute approximate surface area is 104 Å². The quantitative estimate of drug-likeness (QED) is 0.849. The lowest BCUT2D eigenvalue weighted by Crippen LogP contribution is -2.25. The van der Waals surface area contributed by atoms with Crippen molar-refractivity contribution in [2.45, 2.75) is 38.2 Å². The summed E-state index contributed by atoms with van der Waals surface area (Å²) in [5, 5.41) is 9.16. The van der Waals surface area contributed by atoms with Gasteiger partial charge in [-0.25, -0.2) is 0 Å². The minimum Gasteiger partial charge on any atom is -0.396 e. The smallest absolute Gasteiger partial charge is 0.0578 e. The highest BCUT2D eigenvalue weighted by Crippen LogP contribution is 2.25. The number of aliphatic hydroxyl groups is 1. The van der Waals surface area contributed by atoms with Crippen molar-refractivity contribution in [1.82, 2.24) is 0 Å². The Morgan fingerprint density at radius 1 is 1.18 bits per heavy atom. The third-order valence-corrected chi connectivity index (χ3v) is 3.58. The van der Waals surface area contributed by atoms with Gasteiger partial charge < -0.3 is 9.84 Å². The van der Waals surface area contributed by atoms with E-state index >= 15 is 0 Å². The molecular formula is C15H22O2. The van der Waals surface area contributed by atoms with E-state index in [9.17, 15) is 0 Å². The molecule has 0 bridgehead atoms. The highest BCUT2D eigenvalue weighted by atomic mass is 16.5. The average molecular weight is 234 g/mol. The summed E-state index contributed by atoms with van der Waals surface area (Å²) in [6.07, 6.45) is 5.90. The molecule has 1 N–H and O–H groups in total. The van der Waals surface area contributed by atoms with Crippen LogP contribution >= 0.6 is 0 Å². The van der Waals surface area contributed by atoms with Gasteiger partial charge in [0, 0.05) is 6.61 Å². The molecule has 2 rings (SSSR count). The summed E-state index contributed by atoms with van der Waals surface area (Å²) >= 11 is 0. The van der Waals surface area contributed by atoms with Crippen molar-refractivity contribution in [2.75, 3.05) is 13.2 Å². The Kier molecular flexibility index (Phi) is 5.02. The number of ether oxygens (including phenoxy) is 1. The molecule has 0 aromatic heterocycles. The second-order valence-corrected chi connectivity index (χ2v) is 4.94. The van der Waals surface area contributed by atoms with Gasteiger partial charge in [-0.1, -0.05) is 36.8 Å². The summed E-state index contributed by atoms with van der Waals surface area (Å²) in [5.74, 6) is 0.463. The van der Waals surface area contributed by atoms with Crippen molar-refractivity contribution in [2.24, 2.45) is 5.92 Å². The minimum atomic E-state index is 0.318. The Balaban J connectivity index is 1.68. The van der Waals surface area contributed by atoms with Gasteiger partial charge in [0.05, 0.1) is 12.7 Å². The summed E-state index contributed by atoms with van der Waals surface area (Å²) in [4.78, 5) is 0. The lowest BCUT2D eigenvalue weighted by Gasteiger charge is -2.27. The fraction of sp³-hybridized carbons (Fsp3) is 0.600. The maximum atomic E-state index is 9.16. The maximum absolute atomic E-state index is 9.16. The molecule has 2 nitrogen and oxygen atoms in total. The molecule has 2 heteroatoms. The molecule has 94 valence electrons. The van der Waals surface area contributed by atoms with Crippen molar-refractivity contribution < 1.29 is 9.84 Å². The van der Waals surface area contributed by atoms with Crippen LogP contribution in [0.5, 0.6) is 0 Å². The number of hydrogen-bond acceptors (Lipinski definition) is 2. The Hall–Kier alpha value is -0.860. The van der Waals surface area contributed by atoms with Crippen LogP contribution in [0.1, 0.15) is 31.2 Å². The minimum absolute atomic E-state index is 0.318. The number of benzene rings is 1. The van der Waals surface area contributed by atoms with Crippen LogP contribution in [0, 0.1) is 5.92 Å². The van der Waals surface area contributed by atoms with Crippen LogP contribution in [-0.2, 0) is 11.2 Å². The molecule has 1 aliphatic carbocycles. The Morgan fingerprint density at radius 3 is 2.76 bits per heavy atom. The van der Waals surface area contributed by atoms with Crippen LogP contribution in [-0.4, -0.2) is 24.4 Å². The van der Waals surface area contributed by atoms with Crippen LogP contribution in [0.15, 0.2) is 30.3 Å². The summed E-state index contributed by atoms with van der Waals surface area (Å²) in [6, 6.07) is 10.5. The van der Waals surface area contributed by atoms with Gasteiger partial charge in [-0.05, 0) is 37.2 Å². The first-order chi connectivity index (χ1) is 8.38. The van der Waals surface area contributed by atoms with E-state index in [1.54, 1.807) is 0 Å². The maximum Gasteiger partial charge on any atom is 0.0578 e. The van der Waals surface area contributed by atoms with Gasteiger partial charge in [0.1, 0.15) is 0 Å². The predicted molar refractivity (Wildman–Crippen MR) is 68.9 cm³/mol. The summed E-state index contributed by atoms with van der Waals surface area (Å²) in [5.41, 5.74) is 1.34. The largest absolute Gasteiger partial charge is 0.396 e. The number of hydrogen-bond donors (Lipinski definition) is 1. The van der Waals surface area contributed by atoms with Crippen molar-refractivity contribution >= 4 is 0 Å². The first kappa shape index (κ1) is 12.6. The van der Waals surface area contributed by atoms with Crippen molar-refractivity contribution in [3.8, 4) is 0 Å². The third-order valence-electron chi connectivity index (χ3n) is 3.58. The molecule has 1 aromatic carbocycles. The summed E-state index contributed by atoms with van der Waals surface area (Å²) in [6.45, 7) is 1.12. The molecule has 1 saturated carbocycles. The molecule has 0 amide bonds. The molecule has 1 fully saturated rings. The molecule has 1 aromatic rings. The third kappa shape index (κ3) is 4.14. The normalized spacial score (nSPS) is 24.8. The van der Waals surface area contributed by atoms with Gasteiger partial charge in [-0.3, -0.25) is 0 Å². The summed E-state index contributed by atoms with van der Waals surface area (Å²) in [7, 11) is 0. The topological polar surface area (TPSA) is 29.5 Å².